The summed E-state index contributed by atoms with van der Waals surface area (Å²) in [5.41, 5.74) is 7.82. The van der Waals surface area contributed by atoms with Crippen molar-refractivity contribution in [2.75, 3.05) is 19.7 Å². The first-order valence-electron chi connectivity index (χ1n) is 8.46. The number of benzene rings is 2. The van der Waals surface area contributed by atoms with Crippen molar-refractivity contribution in [3.05, 3.63) is 54.6 Å². The fraction of sp³-hybridized carbons (Fsp3) is 0.350. The molecular weight excluding hydrogens is 336 g/mol. The fourth-order valence-electron chi connectivity index (χ4n) is 3.33. The van der Waals surface area contributed by atoms with Crippen LogP contribution in [-0.2, 0) is 4.79 Å². The van der Waals surface area contributed by atoms with E-state index in [2.05, 4.69) is 6.92 Å². The number of rotatable bonds is 5. The third kappa shape index (κ3) is 4.53. The van der Waals surface area contributed by atoms with E-state index in [0.29, 0.717) is 12.5 Å². The molecule has 5 heteroatoms. The summed E-state index contributed by atoms with van der Waals surface area (Å²) in [6.45, 7) is 3.50. The lowest BCUT2D eigenvalue weighted by Crippen LogP contribution is -2.37. The van der Waals surface area contributed by atoms with Crippen LogP contribution in [0.2, 0.25) is 0 Å². The highest BCUT2D eigenvalue weighted by molar-refractivity contribution is 5.85. The number of carbonyl (C=O) groups is 1. The maximum absolute atomic E-state index is 12.5. The Kier molecular flexibility index (Phi) is 6.85. The Labute approximate surface area is 155 Å². The molecule has 25 heavy (non-hydrogen) atoms. The molecule has 0 bridgehead atoms. The van der Waals surface area contributed by atoms with Crippen molar-refractivity contribution >= 4 is 18.3 Å². The number of amides is 1. The van der Waals surface area contributed by atoms with Crippen LogP contribution in [0.4, 0.5) is 0 Å². The Hall–Kier alpha value is -2.04. The molecule has 0 spiro atoms. The van der Waals surface area contributed by atoms with Gasteiger partial charge in [0.05, 0.1) is 0 Å². The number of carbonyl (C=O) groups excluding carboxylic acids is 1. The first-order chi connectivity index (χ1) is 11.7. The standard InChI is InChI=1S/C20H24N2O2.ClH/c1-15-11-16(12-21)13-22(15)20(23)14-24-19-10-6-5-9-18(19)17-7-3-2-4-8-17;/h2-10,15-16H,11-14,21H2,1H3;1H. The molecule has 0 saturated carbocycles. The van der Waals surface area contributed by atoms with Crippen molar-refractivity contribution in [1.29, 1.82) is 0 Å². The second-order valence-corrected chi connectivity index (χ2v) is 6.38. The normalized spacial score (nSPS) is 19.4. The van der Waals surface area contributed by atoms with E-state index in [-0.39, 0.29) is 31.0 Å². The molecule has 0 aliphatic carbocycles. The maximum atomic E-state index is 12.5. The molecule has 1 aliphatic heterocycles. The number of nitrogens with zero attached hydrogens (tertiary/aromatic N) is 1. The number of hydrogen-bond acceptors (Lipinski definition) is 3. The van der Waals surface area contributed by atoms with Crippen LogP contribution in [0.3, 0.4) is 0 Å². The molecule has 134 valence electrons. The summed E-state index contributed by atoms with van der Waals surface area (Å²) >= 11 is 0. The van der Waals surface area contributed by atoms with Gasteiger partial charge < -0.3 is 15.4 Å². The van der Waals surface area contributed by atoms with Gasteiger partial charge in [-0.3, -0.25) is 4.79 Å². The molecule has 2 atom stereocenters. The molecule has 2 aromatic rings. The number of hydrogen-bond donors (Lipinski definition) is 1. The van der Waals surface area contributed by atoms with E-state index in [0.717, 1.165) is 29.8 Å². The first kappa shape index (κ1) is 19.3. The number of likely N-dealkylation sites (tertiary alicyclic amines) is 1. The summed E-state index contributed by atoms with van der Waals surface area (Å²) in [5.74, 6) is 1.17. The second-order valence-electron chi connectivity index (χ2n) is 6.38. The minimum absolute atomic E-state index is 0. The topological polar surface area (TPSA) is 55.6 Å². The quantitative estimate of drug-likeness (QED) is 0.889. The lowest BCUT2D eigenvalue weighted by atomic mass is 10.1. The van der Waals surface area contributed by atoms with Gasteiger partial charge in [-0.1, -0.05) is 48.5 Å². The Morgan fingerprint density at radius 2 is 1.84 bits per heavy atom. The van der Waals surface area contributed by atoms with Crippen molar-refractivity contribution in [3.8, 4) is 16.9 Å². The fourth-order valence-corrected chi connectivity index (χ4v) is 3.33. The van der Waals surface area contributed by atoms with Crippen LogP contribution in [0, 0.1) is 5.92 Å². The molecule has 1 aliphatic rings. The number of nitrogens with two attached hydrogens (primary N) is 1. The lowest BCUT2D eigenvalue weighted by molar-refractivity contribution is -0.134. The number of halogens is 1. The van der Waals surface area contributed by atoms with E-state index in [1.54, 1.807) is 0 Å². The van der Waals surface area contributed by atoms with Crippen molar-refractivity contribution in [2.45, 2.75) is 19.4 Å². The molecular formula is C20H25ClN2O2. The smallest absolute Gasteiger partial charge is 0.260 e. The predicted octanol–water partition coefficient (Wildman–Crippen LogP) is 3.35. The summed E-state index contributed by atoms with van der Waals surface area (Å²) in [6, 6.07) is 18.1. The van der Waals surface area contributed by atoms with Gasteiger partial charge in [-0.2, -0.15) is 0 Å². The molecule has 1 heterocycles. The van der Waals surface area contributed by atoms with Crippen LogP contribution in [0.25, 0.3) is 11.1 Å². The maximum Gasteiger partial charge on any atom is 0.260 e. The molecule has 0 aromatic heterocycles. The van der Waals surface area contributed by atoms with E-state index in [9.17, 15) is 4.79 Å². The zero-order valence-electron chi connectivity index (χ0n) is 14.4. The van der Waals surface area contributed by atoms with Gasteiger partial charge in [0, 0.05) is 18.2 Å². The summed E-state index contributed by atoms with van der Waals surface area (Å²) in [7, 11) is 0. The third-order valence-electron chi connectivity index (χ3n) is 4.64. The molecule has 3 rings (SSSR count). The van der Waals surface area contributed by atoms with Gasteiger partial charge in [0.1, 0.15) is 5.75 Å². The lowest BCUT2D eigenvalue weighted by Gasteiger charge is -2.22. The zero-order valence-corrected chi connectivity index (χ0v) is 15.2. The van der Waals surface area contributed by atoms with Crippen LogP contribution in [0.5, 0.6) is 5.75 Å². The van der Waals surface area contributed by atoms with Crippen LogP contribution in [0.15, 0.2) is 54.6 Å². The van der Waals surface area contributed by atoms with Crippen molar-refractivity contribution in [3.63, 3.8) is 0 Å². The molecule has 1 fully saturated rings. The highest BCUT2D eigenvalue weighted by atomic mass is 35.5. The zero-order chi connectivity index (χ0) is 16.9. The minimum Gasteiger partial charge on any atom is -0.483 e. The van der Waals surface area contributed by atoms with Gasteiger partial charge in [0.15, 0.2) is 6.61 Å². The van der Waals surface area contributed by atoms with E-state index in [1.807, 2.05) is 59.5 Å². The van der Waals surface area contributed by atoms with Crippen molar-refractivity contribution in [1.82, 2.24) is 4.90 Å². The summed E-state index contributed by atoms with van der Waals surface area (Å²) < 4.78 is 5.86. The van der Waals surface area contributed by atoms with E-state index < -0.39 is 0 Å². The molecule has 4 nitrogen and oxygen atoms in total. The SMILES string of the molecule is CC1CC(CN)CN1C(=O)COc1ccccc1-c1ccccc1.Cl. The highest BCUT2D eigenvalue weighted by Gasteiger charge is 2.31. The number of ether oxygens (including phenoxy) is 1. The Bertz CT molecular complexity index is 693. The molecule has 0 radical (unpaired) electrons. The molecule has 1 saturated heterocycles. The summed E-state index contributed by atoms with van der Waals surface area (Å²) in [6.07, 6.45) is 0.975. The Morgan fingerprint density at radius 1 is 1.16 bits per heavy atom. The van der Waals surface area contributed by atoms with E-state index in [4.69, 9.17) is 10.5 Å². The monoisotopic (exact) mass is 360 g/mol. The van der Waals surface area contributed by atoms with Gasteiger partial charge in [-0.15, -0.1) is 12.4 Å². The molecule has 2 aromatic carbocycles. The number of para-hydroxylation sites is 1. The molecule has 2 N–H and O–H groups in total. The highest BCUT2D eigenvalue weighted by Crippen LogP contribution is 2.30. The van der Waals surface area contributed by atoms with Crippen LogP contribution in [-0.4, -0.2) is 36.5 Å². The summed E-state index contributed by atoms with van der Waals surface area (Å²) in [4.78, 5) is 14.4. The average molecular weight is 361 g/mol. The minimum atomic E-state index is 0. The molecule has 1 amide bonds. The third-order valence-corrected chi connectivity index (χ3v) is 4.64. The predicted molar refractivity (Wildman–Crippen MR) is 103 cm³/mol. The van der Waals surface area contributed by atoms with Crippen LogP contribution in [0.1, 0.15) is 13.3 Å². The van der Waals surface area contributed by atoms with Crippen LogP contribution < -0.4 is 10.5 Å². The molecule has 2 unspecified atom stereocenters. The van der Waals surface area contributed by atoms with Gasteiger partial charge in [-0.25, -0.2) is 0 Å². The van der Waals surface area contributed by atoms with Gasteiger partial charge >= 0.3 is 0 Å². The van der Waals surface area contributed by atoms with E-state index in [1.165, 1.54) is 0 Å². The van der Waals surface area contributed by atoms with Gasteiger partial charge in [-0.05, 0) is 37.4 Å². The summed E-state index contributed by atoms with van der Waals surface area (Å²) in [5, 5.41) is 0. The first-order valence-corrected chi connectivity index (χ1v) is 8.46. The largest absolute Gasteiger partial charge is 0.483 e. The van der Waals surface area contributed by atoms with Gasteiger partial charge in [0.2, 0.25) is 0 Å². The van der Waals surface area contributed by atoms with Crippen LogP contribution >= 0.6 is 12.4 Å². The van der Waals surface area contributed by atoms with Crippen molar-refractivity contribution in [2.24, 2.45) is 11.7 Å². The second kappa shape index (κ2) is 8.88. The van der Waals surface area contributed by atoms with Crippen molar-refractivity contribution < 1.29 is 9.53 Å². The Morgan fingerprint density at radius 3 is 2.52 bits per heavy atom. The van der Waals surface area contributed by atoms with Gasteiger partial charge in [0.25, 0.3) is 5.91 Å². The van der Waals surface area contributed by atoms with E-state index >= 15 is 0 Å². The Balaban J connectivity index is 0.00000225. The average Bonchev–Trinajstić information content (AvgIpc) is 3.02.